The van der Waals surface area contributed by atoms with Gasteiger partial charge in [0, 0.05) is 35.8 Å². The van der Waals surface area contributed by atoms with E-state index >= 15 is 0 Å². The van der Waals surface area contributed by atoms with Gasteiger partial charge in [-0.25, -0.2) is 8.42 Å². The normalized spacial score (nSPS) is 15.5. The molecule has 0 saturated carbocycles. The molecule has 0 saturated heterocycles. The van der Waals surface area contributed by atoms with Crippen molar-refractivity contribution in [3.8, 4) is 0 Å². The van der Waals surface area contributed by atoms with Crippen molar-refractivity contribution in [3.63, 3.8) is 0 Å². The van der Waals surface area contributed by atoms with Crippen LogP contribution in [0.3, 0.4) is 0 Å². The monoisotopic (exact) mass is 514 g/mol. The highest BCUT2D eigenvalue weighted by Gasteiger charge is 2.25. The number of nitrogens with zero attached hydrogens (tertiary/aromatic N) is 2. The third-order valence-corrected chi connectivity index (χ3v) is 8.90. The summed E-state index contributed by atoms with van der Waals surface area (Å²) in [4.78, 5) is 3.64. The van der Waals surface area contributed by atoms with E-state index in [1.807, 2.05) is 0 Å². The van der Waals surface area contributed by atoms with Crippen LogP contribution in [0.25, 0.3) is 16.3 Å². The second kappa shape index (κ2) is 10.2. The summed E-state index contributed by atoms with van der Waals surface area (Å²) < 4.78 is 36.8. The Bertz CT molecular complexity index is 1390. The number of rotatable bonds is 8. The summed E-state index contributed by atoms with van der Waals surface area (Å²) in [5.74, 6) is -0.350. The number of thiazole rings is 1. The summed E-state index contributed by atoms with van der Waals surface area (Å²) in [5.41, 5.74) is 5.96. The van der Waals surface area contributed by atoms with Gasteiger partial charge in [-0.05, 0) is 68.2 Å². The van der Waals surface area contributed by atoms with Crippen LogP contribution in [0.4, 0.5) is 5.69 Å². The van der Waals surface area contributed by atoms with Gasteiger partial charge >= 0.3 is 0 Å². The van der Waals surface area contributed by atoms with Crippen molar-refractivity contribution < 1.29 is 17.5 Å². The zero-order chi connectivity index (χ0) is 24.5. The lowest BCUT2D eigenvalue weighted by atomic mass is 10.1. The van der Waals surface area contributed by atoms with Gasteiger partial charge in [-0.3, -0.25) is 0 Å². The molecule has 4 rings (SSSR count). The number of hydrogen-bond donors (Lipinski definition) is 0. The van der Waals surface area contributed by atoms with Gasteiger partial charge in [0.25, 0.3) is 5.01 Å². The van der Waals surface area contributed by atoms with E-state index in [2.05, 4.69) is 85.7 Å². The van der Waals surface area contributed by atoms with Gasteiger partial charge in [-0.1, -0.05) is 42.2 Å². The molecule has 2 aromatic carbocycles. The number of thioether (sulfide) groups is 1. The van der Waals surface area contributed by atoms with E-state index in [0.717, 1.165) is 33.8 Å². The van der Waals surface area contributed by atoms with Gasteiger partial charge < -0.3 is 9.45 Å². The highest BCUT2D eigenvalue weighted by atomic mass is 32.2. The topological polar surface area (TPSA) is 64.3 Å². The molecule has 0 spiro atoms. The van der Waals surface area contributed by atoms with E-state index in [0.29, 0.717) is 13.0 Å². The minimum Gasteiger partial charge on any atom is -0.748 e. The van der Waals surface area contributed by atoms with E-state index in [-0.39, 0.29) is 5.75 Å². The zero-order valence-electron chi connectivity index (χ0n) is 20.0. The summed E-state index contributed by atoms with van der Waals surface area (Å²) in [5, 5.41) is 2.29. The van der Waals surface area contributed by atoms with Crippen LogP contribution >= 0.6 is 23.1 Å². The Labute approximate surface area is 210 Å². The molecule has 180 valence electrons. The molecular weight excluding hydrogens is 484 g/mol. The third-order valence-electron chi connectivity index (χ3n) is 5.89. The van der Waals surface area contributed by atoms with Crippen LogP contribution < -0.4 is 9.47 Å². The Morgan fingerprint density at radius 3 is 2.56 bits per heavy atom. The molecule has 3 aromatic rings. The SMILES string of the molecule is CCC(=C/c1sc2ccc(C)cc2[n+]1CCCS(=O)(=O)[O-])/C=C1\Sc2ccc(C)cc2N1CC. The van der Waals surface area contributed by atoms with E-state index < -0.39 is 10.1 Å². The second-order valence-electron chi connectivity index (χ2n) is 8.55. The Morgan fingerprint density at radius 1 is 1.12 bits per heavy atom. The van der Waals surface area contributed by atoms with Crippen molar-refractivity contribution in [1.82, 2.24) is 0 Å². The van der Waals surface area contributed by atoms with Crippen LogP contribution in [0.2, 0.25) is 0 Å². The van der Waals surface area contributed by atoms with Crippen LogP contribution in [-0.2, 0) is 16.7 Å². The molecule has 0 aliphatic carbocycles. The molecule has 34 heavy (non-hydrogen) atoms. The lowest BCUT2D eigenvalue weighted by Crippen LogP contribution is -2.36. The molecule has 1 aliphatic rings. The maximum atomic E-state index is 11.2. The fourth-order valence-electron chi connectivity index (χ4n) is 4.16. The summed E-state index contributed by atoms with van der Waals surface area (Å²) in [6.45, 7) is 9.90. The highest BCUT2D eigenvalue weighted by molar-refractivity contribution is 8.03. The van der Waals surface area contributed by atoms with Gasteiger partial charge in [-0.2, -0.15) is 4.57 Å². The third kappa shape index (κ3) is 5.57. The van der Waals surface area contributed by atoms with Crippen molar-refractivity contribution in [2.24, 2.45) is 0 Å². The molecule has 1 aliphatic heterocycles. The molecule has 0 bridgehead atoms. The van der Waals surface area contributed by atoms with Gasteiger partial charge in [0.1, 0.15) is 4.70 Å². The molecule has 0 atom stereocenters. The van der Waals surface area contributed by atoms with Crippen molar-refractivity contribution in [1.29, 1.82) is 0 Å². The Hall–Kier alpha value is -2.13. The molecule has 0 radical (unpaired) electrons. The van der Waals surface area contributed by atoms with Crippen molar-refractivity contribution >= 4 is 55.2 Å². The predicted molar refractivity (Wildman–Crippen MR) is 142 cm³/mol. The lowest BCUT2D eigenvalue weighted by molar-refractivity contribution is -0.668. The predicted octanol–water partition coefficient (Wildman–Crippen LogP) is 6.01. The first-order chi connectivity index (χ1) is 16.2. The molecule has 8 heteroatoms. The molecule has 2 heterocycles. The minimum absolute atomic E-state index is 0.299. The van der Waals surface area contributed by atoms with Gasteiger partial charge in [0.15, 0.2) is 6.54 Å². The molecule has 0 unspecified atom stereocenters. The number of fused-ring (bicyclic) bond motifs is 2. The Balaban J connectivity index is 1.72. The van der Waals surface area contributed by atoms with E-state index in [9.17, 15) is 13.0 Å². The van der Waals surface area contributed by atoms with Crippen molar-refractivity contribution in [2.45, 2.75) is 52.0 Å². The number of allylic oxidation sites excluding steroid dienone is 2. The summed E-state index contributed by atoms with van der Waals surface area (Å²) >= 11 is 3.50. The fourth-order valence-corrected chi connectivity index (χ4v) is 6.97. The van der Waals surface area contributed by atoms with Gasteiger partial charge in [-0.15, -0.1) is 0 Å². The second-order valence-corrected chi connectivity index (χ2v) is 12.2. The fraction of sp³-hybridized carbons (Fsp3) is 0.346. The summed E-state index contributed by atoms with van der Waals surface area (Å²) in [6.07, 6.45) is 5.65. The molecule has 0 amide bonds. The first kappa shape index (κ1) is 25.0. The Morgan fingerprint density at radius 2 is 1.85 bits per heavy atom. The average molecular weight is 515 g/mol. The average Bonchev–Trinajstić information content (AvgIpc) is 3.29. The van der Waals surface area contributed by atoms with E-state index in [4.69, 9.17) is 0 Å². The van der Waals surface area contributed by atoms with Crippen molar-refractivity contribution in [3.05, 3.63) is 69.2 Å². The van der Waals surface area contributed by atoms with Crippen LogP contribution in [-0.4, -0.2) is 25.3 Å². The molecule has 0 fully saturated rings. The van der Waals surface area contributed by atoms with Crippen LogP contribution in [0.1, 0.15) is 42.8 Å². The van der Waals surface area contributed by atoms with Gasteiger partial charge in [0.2, 0.25) is 5.52 Å². The summed E-state index contributed by atoms with van der Waals surface area (Å²) in [6, 6.07) is 12.9. The minimum atomic E-state index is -4.23. The number of hydrogen-bond acceptors (Lipinski definition) is 6. The van der Waals surface area contributed by atoms with E-state index in [1.54, 1.807) is 23.1 Å². The molecule has 5 nitrogen and oxygen atoms in total. The number of anilines is 1. The molecule has 0 N–H and O–H groups in total. The standard InChI is InChI=1S/C26H30N2O3S3/c1-5-20(16-25-27(6-2)21-14-18(3)8-10-23(21)32-25)17-26-28(12-7-13-34(29,30)31)22-15-19(4)9-11-24(22)33-26/h8-11,14-17H,5-7,12-13H2,1-4H3. The van der Waals surface area contributed by atoms with Crippen LogP contribution in [0, 0.1) is 13.8 Å². The number of aryl methyl sites for hydroxylation is 3. The lowest BCUT2D eigenvalue weighted by Gasteiger charge is -2.18. The largest absolute Gasteiger partial charge is 0.748 e. The van der Waals surface area contributed by atoms with E-state index in [1.165, 1.54) is 26.7 Å². The smallest absolute Gasteiger partial charge is 0.263 e. The summed E-state index contributed by atoms with van der Waals surface area (Å²) in [7, 11) is -4.23. The van der Waals surface area contributed by atoms with Crippen LogP contribution in [0.15, 0.2) is 58.0 Å². The molecule has 1 aromatic heterocycles. The maximum Gasteiger partial charge on any atom is 0.263 e. The quantitative estimate of drug-likeness (QED) is 0.272. The van der Waals surface area contributed by atoms with Crippen molar-refractivity contribution in [2.75, 3.05) is 17.2 Å². The molecular formula is C26H30N2O3S3. The zero-order valence-corrected chi connectivity index (χ0v) is 22.4. The van der Waals surface area contributed by atoms with Gasteiger partial charge in [0.05, 0.1) is 20.8 Å². The number of benzene rings is 2. The Kier molecular flexibility index (Phi) is 7.52. The maximum absolute atomic E-state index is 11.2. The number of aromatic nitrogens is 1. The first-order valence-corrected chi connectivity index (χ1v) is 14.7. The van der Waals surface area contributed by atoms with Crippen LogP contribution in [0.5, 0.6) is 0 Å². The highest BCUT2D eigenvalue weighted by Crippen LogP contribution is 2.46. The first-order valence-electron chi connectivity index (χ1n) is 11.5.